The molecule has 0 aliphatic heterocycles. The van der Waals surface area contributed by atoms with Crippen LogP contribution in [0.4, 0.5) is 5.69 Å². The maximum Gasteiger partial charge on any atom is 0.276 e. The summed E-state index contributed by atoms with van der Waals surface area (Å²) in [5, 5.41) is 10.2. The molecule has 0 fully saturated rings. The Morgan fingerprint density at radius 3 is 3.00 bits per heavy atom. The first-order valence-electron chi connectivity index (χ1n) is 7.75. The van der Waals surface area contributed by atoms with E-state index in [2.05, 4.69) is 21.9 Å². The molecule has 0 saturated carbocycles. The van der Waals surface area contributed by atoms with Gasteiger partial charge in [0.2, 0.25) is 0 Å². The van der Waals surface area contributed by atoms with Gasteiger partial charge in [0, 0.05) is 33.8 Å². The largest absolute Gasteiger partial charge is 0.320 e. The fourth-order valence-electron chi connectivity index (χ4n) is 3.23. The number of benzene rings is 1. The Morgan fingerprint density at radius 2 is 2.17 bits per heavy atom. The third kappa shape index (κ3) is 2.36. The third-order valence-electron chi connectivity index (χ3n) is 4.48. The average molecular weight is 358 g/mol. The third-order valence-corrected chi connectivity index (χ3v) is 5.87. The summed E-state index contributed by atoms with van der Waals surface area (Å²) in [6.07, 6.45) is 1.80. The molecule has 0 radical (unpaired) electrons. The highest BCUT2D eigenvalue weighted by atomic mass is 35.5. The van der Waals surface area contributed by atoms with Gasteiger partial charge >= 0.3 is 0 Å². The molecule has 0 spiro atoms. The van der Waals surface area contributed by atoms with E-state index >= 15 is 0 Å². The summed E-state index contributed by atoms with van der Waals surface area (Å²) < 4.78 is 1.82. The number of aryl methyl sites for hydroxylation is 2. The van der Waals surface area contributed by atoms with Crippen molar-refractivity contribution in [3.8, 4) is 11.3 Å². The molecule has 0 atom stereocenters. The van der Waals surface area contributed by atoms with Crippen LogP contribution in [0.3, 0.4) is 0 Å². The molecule has 0 saturated heterocycles. The van der Waals surface area contributed by atoms with E-state index < -0.39 is 0 Å². The van der Waals surface area contributed by atoms with Gasteiger partial charge in [-0.25, -0.2) is 0 Å². The molecule has 2 heterocycles. The van der Waals surface area contributed by atoms with E-state index in [0.717, 1.165) is 35.3 Å². The molecule has 122 valence electrons. The van der Waals surface area contributed by atoms with Crippen LogP contribution in [0.15, 0.2) is 29.6 Å². The second kappa shape index (κ2) is 5.76. The highest BCUT2D eigenvalue weighted by Crippen LogP contribution is 2.38. The van der Waals surface area contributed by atoms with Crippen LogP contribution in [-0.2, 0) is 19.9 Å². The lowest BCUT2D eigenvalue weighted by Gasteiger charge is -2.14. The van der Waals surface area contributed by atoms with Gasteiger partial charge in [0.25, 0.3) is 5.91 Å². The van der Waals surface area contributed by atoms with E-state index in [-0.39, 0.29) is 5.91 Å². The molecular weight excluding hydrogens is 342 g/mol. The lowest BCUT2D eigenvalue weighted by atomic mass is 9.94. The van der Waals surface area contributed by atoms with Gasteiger partial charge in [-0.15, -0.1) is 11.3 Å². The molecule has 0 unspecified atom stereocenters. The number of fused-ring (bicyclic) bond motifs is 3. The first-order chi connectivity index (χ1) is 11.6. The fraction of sp³-hybridized carbons (Fsp3) is 0.222. The van der Waals surface area contributed by atoms with Crippen molar-refractivity contribution in [3.63, 3.8) is 0 Å². The number of carbonyl (C=O) groups excluding carboxylic acids is 1. The quantitative estimate of drug-likeness (QED) is 0.736. The normalized spacial score (nSPS) is 12.6. The first kappa shape index (κ1) is 15.4. The number of thiophene rings is 1. The molecule has 1 aliphatic carbocycles. The number of nitrogens with zero attached hydrogens (tertiary/aromatic N) is 2. The summed E-state index contributed by atoms with van der Waals surface area (Å²) in [4.78, 5) is 14.1. The summed E-state index contributed by atoms with van der Waals surface area (Å²) >= 11 is 7.90. The molecule has 6 heteroatoms. The van der Waals surface area contributed by atoms with Gasteiger partial charge in [-0.05, 0) is 48.9 Å². The summed E-state index contributed by atoms with van der Waals surface area (Å²) in [6, 6.07) is 7.61. The molecule has 1 amide bonds. The van der Waals surface area contributed by atoms with E-state index in [9.17, 15) is 4.79 Å². The molecule has 24 heavy (non-hydrogen) atoms. The van der Waals surface area contributed by atoms with Gasteiger partial charge in [0.1, 0.15) is 0 Å². The number of halogens is 1. The molecule has 3 aromatic rings. The Balaban J connectivity index is 1.73. The van der Waals surface area contributed by atoms with E-state index in [4.69, 9.17) is 11.6 Å². The Labute approximate surface area is 149 Å². The average Bonchev–Trinajstić information content (AvgIpc) is 3.16. The maximum absolute atomic E-state index is 12.8. The minimum absolute atomic E-state index is 0.184. The van der Waals surface area contributed by atoms with Crippen LogP contribution >= 0.6 is 22.9 Å². The lowest BCUT2D eigenvalue weighted by molar-refractivity contribution is 0.102. The van der Waals surface area contributed by atoms with Crippen LogP contribution in [0.25, 0.3) is 11.3 Å². The van der Waals surface area contributed by atoms with Crippen molar-refractivity contribution in [2.45, 2.75) is 19.8 Å². The topological polar surface area (TPSA) is 46.9 Å². The fourth-order valence-corrected chi connectivity index (χ4v) is 4.29. The summed E-state index contributed by atoms with van der Waals surface area (Å²) in [7, 11) is 1.90. The van der Waals surface area contributed by atoms with Gasteiger partial charge in [0.15, 0.2) is 5.69 Å². The van der Waals surface area contributed by atoms with Crippen LogP contribution in [-0.4, -0.2) is 15.7 Å². The zero-order valence-corrected chi connectivity index (χ0v) is 15.0. The Bertz CT molecular complexity index is 957. The van der Waals surface area contributed by atoms with Crippen molar-refractivity contribution in [2.24, 2.45) is 7.05 Å². The highest BCUT2D eigenvalue weighted by Gasteiger charge is 2.28. The van der Waals surface area contributed by atoms with Gasteiger partial charge in [-0.3, -0.25) is 9.48 Å². The number of rotatable bonds is 2. The maximum atomic E-state index is 12.8. The predicted octanol–water partition coefficient (Wildman–Crippen LogP) is 4.46. The Hall–Kier alpha value is -2.11. The van der Waals surface area contributed by atoms with Gasteiger partial charge in [0.05, 0.1) is 5.69 Å². The molecular formula is C18H16ClN3OS. The van der Waals surface area contributed by atoms with Gasteiger partial charge < -0.3 is 5.32 Å². The number of carbonyl (C=O) groups is 1. The van der Waals surface area contributed by atoms with E-state index in [1.165, 1.54) is 10.4 Å². The van der Waals surface area contributed by atoms with Gasteiger partial charge in [-0.1, -0.05) is 17.7 Å². The Kier molecular flexibility index (Phi) is 3.70. The van der Waals surface area contributed by atoms with E-state index in [1.54, 1.807) is 11.3 Å². The lowest BCUT2D eigenvalue weighted by Crippen LogP contribution is -2.16. The molecule has 0 bridgehead atoms. The van der Waals surface area contributed by atoms with Crippen LogP contribution in [0.5, 0.6) is 0 Å². The SMILES string of the molecule is Cc1c(Cl)cccc1NC(=O)c1nn(C)c2c1CCc1sccc1-2. The van der Waals surface area contributed by atoms with Gasteiger partial charge in [-0.2, -0.15) is 5.10 Å². The number of anilines is 1. The Morgan fingerprint density at radius 1 is 1.33 bits per heavy atom. The summed E-state index contributed by atoms with van der Waals surface area (Å²) in [5.41, 5.74) is 5.38. The van der Waals surface area contributed by atoms with Crippen molar-refractivity contribution in [1.29, 1.82) is 0 Å². The van der Waals surface area contributed by atoms with Crippen LogP contribution in [0.1, 0.15) is 26.5 Å². The number of hydrogen-bond donors (Lipinski definition) is 1. The molecule has 4 nitrogen and oxygen atoms in total. The zero-order valence-electron chi connectivity index (χ0n) is 13.4. The van der Waals surface area contributed by atoms with E-state index in [0.29, 0.717) is 10.7 Å². The first-order valence-corrected chi connectivity index (χ1v) is 9.01. The molecule has 1 aliphatic rings. The number of nitrogens with one attached hydrogen (secondary N) is 1. The standard InChI is InChI=1S/C18H16ClN3OS/c1-10-13(19)4-3-5-14(10)20-18(23)16-12-6-7-15-11(8-9-24-15)17(12)22(2)21-16/h3-5,8-9H,6-7H2,1-2H3,(H,20,23). The summed E-state index contributed by atoms with van der Waals surface area (Å²) in [5.74, 6) is -0.184. The van der Waals surface area contributed by atoms with Crippen LogP contribution in [0.2, 0.25) is 5.02 Å². The zero-order chi connectivity index (χ0) is 16.8. The number of hydrogen-bond acceptors (Lipinski definition) is 3. The minimum Gasteiger partial charge on any atom is -0.320 e. The minimum atomic E-state index is -0.184. The van der Waals surface area contributed by atoms with Crippen molar-refractivity contribution >= 4 is 34.5 Å². The number of aromatic nitrogens is 2. The summed E-state index contributed by atoms with van der Waals surface area (Å²) in [6.45, 7) is 1.89. The number of amides is 1. The smallest absolute Gasteiger partial charge is 0.276 e. The van der Waals surface area contributed by atoms with E-state index in [1.807, 2.05) is 36.9 Å². The van der Waals surface area contributed by atoms with Crippen molar-refractivity contribution in [3.05, 3.63) is 56.4 Å². The molecule has 4 rings (SSSR count). The highest BCUT2D eigenvalue weighted by molar-refractivity contribution is 7.10. The monoisotopic (exact) mass is 357 g/mol. The van der Waals surface area contributed by atoms with Crippen molar-refractivity contribution in [2.75, 3.05) is 5.32 Å². The van der Waals surface area contributed by atoms with Crippen molar-refractivity contribution in [1.82, 2.24) is 9.78 Å². The second-order valence-corrected chi connectivity index (χ2v) is 7.33. The van der Waals surface area contributed by atoms with Crippen LogP contribution < -0.4 is 5.32 Å². The molecule has 1 aromatic carbocycles. The van der Waals surface area contributed by atoms with Crippen LogP contribution in [0, 0.1) is 6.92 Å². The molecule has 1 N–H and O–H groups in total. The predicted molar refractivity (Wildman–Crippen MR) is 98.1 cm³/mol. The van der Waals surface area contributed by atoms with Crippen molar-refractivity contribution < 1.29 is 4.79 Å². The molecule has 2 aromatic heterocycles. The second-order valence-electron chi connectivity index (χ2n) is 5.92.